The van der Waals surface area contributed by atoms with Crippen molar-refractivity contribution in [2.24, 2.45) is 0 Å². The SMILES string of the molecule is O=C(CCC1CCCO1)NC1CCNC2(CCCCC2)C1. The largest absolute Gasteiger partial charge is 0.378 e. The lowest BCUT2D eigenvalue weighted by atomic mass is 9.75. The van der Waals surface area contributed by atoms with Gasteiger partial charge < -0.3 is 15.4 Å². The molecule has 2 aliphatic heterocycles. The summed E-state index contributed by atoms with van der Waals surface area (Å²) in [7, 11) is 0. The Balaban J connectivity index is 1.42. The Morgan fingerprint density at radius 2 is 2.05 bits per heavy atom. The second-order valence-corrected chi connectivity index (χ2v) is 7.20. The van der Waals surface area contributed by atoms with E-state index in [1.165, 1.54) is 32.1 Å². The van der Waals surface area contributed by atoms with E-state index in [-0.39, 0.29) is 5.91 Å². The zero-order valence-corrected chi connectivity index (χ0v) is 13.2. The summed E-state index contributed by atoms with van der Waals surface area (Å²) >= 11 is 0. The van der Waals surface area contributed by atoms with Gasteiger partial charge in [-0.15, -0.1) is 0 Å². The molecule has 3 aliphatic rings. The Kier molecular flexibility index (Phi) is 5.17. The lowest BCUT2D eigenvalue weighted by Crippen LogP contribution is -2.57. The highest BCUT2D eigenvalue weighted by molar-refractivity contribution is 5.76. The molecule has 2 saturated heterocycles. The predicted octanol–water partition coefficient (Wildman–Crippen LogP) is 2.52. The van der Waals surface area contributed by atoms with Gasteiger partial charge in [0.15, 0.2) is 0 Å². The van der Waals surface area contributed by atoms with Crippen molar-refractivity contribution in [2.75, 3.05) is 13.2 Å². The molecule has 2 N–H and O–H groups in total. The van der Waals surface area contributed by atoms with Crippen LogP contribution in [0.3, 0.4) is 0 Å². The summed E-state index contributed by atoms with van der Waals surface area (Å²) in [5.41, 5.74) is 0.322. The van der Waals surface area contributed by atoms with Crippen LogP contribution in [0.1, 0.15) is 70.6 Å². The topological polar surface area (TPSA) is 50.4 Å². The van der Waals surface area contributed by atoms with E-state index in [9.17, 15) is 4.79 Å². The molecule has 2 unspecified atom stereocenters. The fraction of sp³-hybridized carbons (Fsp3) is 0.941. The van der Waals surface area contributed by atoms with Crippen molar-refractivity contribution in [2.45, 2.75) is 88.3 Å². The quantitative estimate of drug-likeness (QED) is 0.837. The van der Waals surface area contributed by atoms with Gasteiger partial charge in [0.1, 0.15) is 0 Å². The average molecular weight is 294 g/mol. The van der Waals surface area contributed by atoms with E-state index < -0.39 is 0 Å². The summed E-state index contributed by atoms with van der Waals surface area (Å²) in [5, 5.41) is 7.02. The van der Waals surface area contributed by atoms with Gasteiger partial charge in [-0.3, -0.25) is 4.79 Å². The minimum Gasteiger partial charge on any atom is -0.378 e. The van der Waals surface area contributed by atoms with Gasteiger partial charge in [0.05, 0.1) is 6.10 Å². The second-order valence-electron chi connectivity index (χ2n) is 7.20. The van der Waals surface area contributed by atoms with E-state index in [1.807, 2.05) is 0 Å². The van der Waals surface area contributed by atoms with Crippen LogP contribution >= 0.6 is 0 Å². The first-order chi connectivity index (χ1) is 10.3. The Labute approximate surface area is 128 Å². The number of piperidine rings is 1. The van der Waals surface area contributed by atoms with Crippen LogP contribution in [0.25, 0.3) is 0 Å². The van der Waals surface area contributed by atoms with E-state index in [4.69, 9.17) is 4.74 Å². The Hall–Kier alpha value is -0.610. The molecule has 1 aliphatic carbocycles. The Morgan fingerprint density at radius 3 is 2.81 bits per heavy atom. The highest BCUT2D eigenvalue weighted by Gasteiger charge is 2.37. The zero-order chi connectivity index (χ0) is 14.5. The molecule has 0 aromatic heterocycles. The van der Waals surface area contributed by atoms with Gasteiger partial charge in [-0.1, -0.05) is 19.3 Å². The molecule has 1 saturated carbocycles. The smallest absolute Gasteiger partial charge is 0.220 e. The van der Waals surface area contributed by atoms with Crippen LogP contribution < -0.4 is 10.6 Å². The zero-order valence-electron chi connectivity index (χ0n) is 13.2. The van der Waals surface area contributed by atoms with Gasteiger partial charge in [0.25, 0.3) is 0 Å². The molecule has 120 valence electrons. The number of ether oxygens (including phenoxy) is 1. The standard InChI is InChI=1S/C17H30N2O2/c20-16(7-6-15-5-4-12-21-15)19-14-8-11-18-17(13-14)9-2-1-3-10-17/h14-15,18H,1-13H2,(H,19,20). The van der Waals surface area contributed by atoms with Gasteiger partial charge in [0, 0.05) is 24.6 Å². The van der Waals surface area contributed by atoms with Crippen molar-refractivity contribution in [3.05, 3.63) is 0 Å². The molecule has 4 heteroatoms. The number of hydrogen-bond donors (Lipinski definition) is 2. The monoisotopic (exact) mass is 294 g/mol. The maximum atomic E-state index is 12.2. The number of rotatable bonds is 4. The second kappa shape index (κ2) is 7.10. The van der Waals surface area contributed by atoms with Crippen molar-refractivity contribution in [3.8, 4) is 0 Å². The summed E-state index contributed by atoms with van der Waals surface area (Å²) in [6, 6.07) is 0.376. The predicted molar refractivity (Wildman–Crippen MR) is 83.2 cm³/mol. The molecule has 0 aromatic rings. The molecule has 1 amide bonds. The number of carbonyl (C=O) groups is 1. The molecule has 0 bridgehead atoms. The maximum Gasteiger partial charge on any atom is 0.220 e. The summed E-state index contributed by atoms with van der Waals surface area (Å²) in [6.45, 7) is 1.93. The minimum absolute atomic E-state index is 0.225. The molecular weight excluding hydrogens is 264 g/mol. The molecule has 2 heterocycles. The normalized spacial score (nSPS) is 32.2. The van der Waals surface area contributed by atoms with Crippen molar-refractivity contribution in [1.82, 2.24) is 10.6 Å². The molecule has 21 heavy (non-hydrogen) atoms. The van der Waals surface area contributed by atoms with Gasteiger partial charge in [-0.25, -0.2) is 0 Å². The summed E-state index contributed by atoms with van der Waals surface area (Å²) < 4.78 is 5.59. The summed E-state index contributed by atoms with van der Waals surface area (Å²) in [4.78, 5) is 12.2. The number of hydrogen-bond acceptors (Lipinski definition) is 3. The van der Waals surface area contributed by atoms with Crippen LogP contribution in [0.5, 0.6) is 0 Å². The third-order valence-electron chi connectivity index (χ3n) is 5.52. The van der Waals surface area contributed by atoms with Crippen molar-refractivity contribution in [3.63, 3.8) is 0 Å². The van der Waals surface area contributed by atoms with Crippen LogP contribution in [0.2, 0.25) is 0 Å². The van der Waals surface area contributed by atoms with Crippen LogP contribution in [0.15, 0.2) is 0 Å². The molecule has 1 spiro atoms. The maximum absolute atomic E-state index is 12.2. The first-order valence-electron chi connectivity index (χ1n) is 8.92. The number of carbonyl (C=O) groups excluding carboxylic acids is 1. The molecule has 0 aromatic carbocycles. The van der Waals surface area contributed by atoms with Crippen LogP contribution in [0, 0.1) is 0 Å². The van der Waals surface area contributed by atoms with E-state index >= 15 is 0 Å². The van der Waals surface area contributed by atoms with E-state index in [2.05, 4.69) is 10.6 Å². The van der Waals surface area contributed by atoms with Gasteiger partial charge in [0.2, 0.25) is 5.91 Å². The minimum atomic E-state index is 0.225. The number of nitrogens with one attached hydrogen (secondary N) is 2. The molecule has 2 atom stereocenters. The van der Waals surface area contributed by atoms with Gasteiger partial charge in [-0.2, -0.15) is 0 Å². The highest BCUT2D eigenvalue weighted by Crippen LogP contribution is 2.34. The molecule has 3 rings (SSSR count). The van der Waals surface area contributed by atoms with E-state index in [0.717, 1.165) is 45.3 Å². The molecule has 0 radical (unpaired) electrons. The number of amides is 1. The average Bonchev–Trinajstić information content (AvgIpc) is 2.99. The lowest BCUT2D eigenvalue weighted by molar-refractivity contribution is -0.122. The first-order valence-corrected chi connectivity index (χ1v) is 8.92. The molecular formula is C17H30N2O2. The van der Waals surface area contributed by atoms with Crippen molar-refractivity contribution >= 4 is 5.91 Å². The summed E-state index contributed by atoms with van der Waals surface area (Å²) in [5.74, 6) is 0.225. The fourth-order valence-electron chi connectivity index (χ4n) is 4.35. The van der Waals surface area contributed by atoms with E-state index in [0.29, 0.717) is 24.1 Å². The van der Waals surface area contributed by atoms with Gasteiger partial charge in [-0.05, 0) is 51.5 Å². The van der Waals surface area contributed by atoms with Crippen LogP contribution in [-0.2, 0) is 9.53 Å². The fourth-order valence-corrected chi connectivity index (χ4v) is 4.35. The Bertz CT molecular complexity index is 341. The van der Waals surface area contributed by atoms with Crippen molar-refractivity contribution < 1.29 is 9.53 Å². The van der Waals surface area contributed by atoms with Gasteiger partial charge >= 0.3 is 0 Å². The first kappa shape index (κ1) is 15.3. The lowest BCUT2D eigenvalue weighted by Gasteiger charge is -2.44. The Morgan fingerprint density at radius 1 is 1.19 bits per heavy atom. The third-order valence-corrected chi connectivity index (χ3v) is 5.52. The third kappa shape index (κ3) is 4.19. The van der Waals surface area contributed by atoms with Crippen LogP contribution in [-0.4, -0.2) is 36.7 Å². The molecule has 3 fully saturated rings. The summed E-state index contributed by atoms with van der Waals surface area (Å²) in [6.07, 6.45) is 13.0. The van der Waals surface area contributed by atoms with Crippen LogP contribution in [0.4, 0.5) is 0 Å². The van der Waals surface area contributed by atoms with Crippen molar-refractivity contribution in [1.29, 1.82) is 0 Å². The molecule has 4 nitrogen and oxygen atoms in total. The highest BCUT2D eigenvalue weighted by atomic mass is 16.5. The van der Waals surface area contributed by atoms with E-state index in [1.54, 1.807) is 0 Å².